The summed E-state index contributed by atoms with van der Waals surface area (Å²) in [6.07, 6.45) is 0. The summed E-state index contributed by atoms with van der Waals surface area (Å²) >= 11 is 5.96. The molecule has 0 aromatic heterocycles. The van der Waals surface area contributed by atoms with Gasteiger partial charge in [-0.2, -0.15) is 0 Å². The maximum Gasteiger partial charge on any atom is 0.367 e. The number of imide groups is 1. The van der Waals surface area contributed by atoms with E-state index in [1.807, 2.05) is 13.8 Å². The minimum absolute atomic E-state index is 0.0368. The molecule has 2 amide bonds. The van der Waals surface area contributed by atoms with Gasteiger partial charge in [0.1, 0.15) is 11.3 Å². The smallest absolute Gasteiger partial charge is 0.367 e. The molecule has 3 rings (SSSR count). The van der Waals surface area contributed by atoms with Crippen LogP contribution in [0, 0.1) is 5.92 Å². The van der Waals surface area contributed by atoms with Gasteiger partial charge >= 0.3 is 5.97 Å². The van der Waals surface area contributed by atoms with Crippen LogP contribution >= 0.6 is 11.6 Å². The summed E-state index contributed by atoms with van der Waals surface area (Å²) in [5.74, 6) is -1.77. The van der Waals surface area contributed by atoms with Crippen molar-refractivity contribution >= 4 is 29.4 Å². The zero-order valence-corrected chi connectivity index (χ0v) is 14.9. The van der Waals surface area contributed by atoms with Crippen LogP contribution in [0.1, 0.15) is 44.9 Å². The van der Waals surface area contributed by atoms with Crippen molar-refractivity contribution in [1.29, 1.82) is 0 Å². The predicted molar refractivity (Wildman–Crippen MR) is 94.1 cm³/mol. The molecule has 0 unspecified atom stereocenters. The summed E-state index contributed by atoms with van der Waals surface area (Å²) in [6.45, 7) is 4.31. The lowest BCUT2D eigenvalue weighted by Gasteiger charge is -2.16. The largest absolute Gasteiger partial charge is 0.492 e. The summed E-state index contributed by atoms with van der Waals surface area (Å²) in [5.41, 5.74) is 0.412. The van der Waals surface area contributed by atoms with Gasteiger partial charge in [0.05, 0.1) is 17.7 Å². The number of amides is 2. The zero-order valence-electron chi connectivity index (χ0n) is 14.2. The molecule has 7 heteroatoms. The first kappa shape index (κ1) is 17.9. The average Bonchev–Trinajstić information content (AvgIpc) is 2.86. The minimum Gasteiger partial charge on any atom is -0.492 e. The molecule has 1 aliphatic rings. The van der Waals surface area contributed by atoms with Crippen molar-refractivity contribution in [2.45, 2.75) is 13.8 Å². The molecule has 0 atom stereocenters. The van der Waals surface area contributed by atoms with Crippen LogP contribution in [0.4, 0.5) is 0 Å². The Hall–Kier alpha value is -2.86. The highest BCUT2D eigenvalue weighted by Crippen LogP contribution is 2.27. The number of halogens is 1. The van der Waals surface area contributed by atoms with Crippen molar-refractivity contribution in [1.82, 2.24) is 5.06 Å². The third-order valence-corrected chi connectivity index (χ3v) is 3.90. The second-order valence-electron chi connectivity index (χ2n) is 6.17. The molecule has 0 N–H and O–H groups in total. The van der Waals surface area contributed by atoms with Crippen LogP contribution in [0.3, 0.4) is 0 Å². The van der Waals surface area contributed by atoms with Crippen LogP contribution in [0.25, 0.3) is 0 Å². The van der Waals surface area contributed by atoms with Crippen LogP contribution < -0.4 is 4.74 Å². The molecule has 1 heterocycles. The Morgan fingerprint density at radius 3 is 2.27 bits per heavy atom. The molecule has 0 radical (unpaired) electrons. The summed E-state index contributed by atoms with van der Waals surface area (Å²) in [5, 5.41) is 0.761. The van der Waals surface area contributed by atoms with E-state index in [-0.39, 0.29) is 28.4 Å². The fraction of sp³-hybridized carbons (Fsp3) is 0.211. The molecule has 0 bridgehead atoms. The van der Waals surface area contributed by atoms with Gasteiger partial charge in [-0.05, 0) is 36.2 Å². The standard InChI is InChI=1S/C19H16ClNO5/c1-11(2)10-25-16-8-7-12(20)9-15(16)19(24)26-21-17(22)13-5-3-4-6-14(13)18(21)23/h3-9,11H,10H2,1-2H3. The van der Waals surface area contributed by atoms with E-state index >= 15 is 0 Å². The van der Waals surface area contributed by atoms with Gasteiger partial charge in [-0.15, -0.1) is 0 Å². The zero-order chi connectivity index (χ0) is 18.8. The number of fused-ring (bicyclic) bond motifs is 1. The second kappa shape index (κ2) is 7.17. The van der Waals surface area contributed by atoms with Crippen LogP contribution in [0.15, 0.2) is 42.5 Å². The van der Waals surface area contributed by atoms with Crippen LogP contribution in [-0.4, -0.2) is 29.5 Å². The van der Waals surface area contributed by atoms with Crippen LogP contribution in [-0.2, 0) is 4.84 Å². The molecular weight excluding hydrogens is 358 g/mol. The number of hydrogen-bond donors (Lipinski definition) is 0. The Morgan fingerprint density at radius 1 is 1.08 bits per heavy atom. The van der Waals surface area contributed by atoms with E-state index in [2.05, 4.69) is 0 Å². The Balaban J connectivity index is 1.84. The maximum atomic E-state index is 12.6. The molecule has 6 nitrogen and oxygen atoms in total. The molecule has 0 spiro atoms. The normalized spacial score (nSPS) is 13.2. The molecule has 0 aliphatic carbocycles. The SMILES string of the molecule is CC(C)COc1ccc(Cl)cc1C(=O)ON1C(=O)c2ccccc2C1=O. The highest BCUT2D eigenvalue weighted by molar-refractivity contribution is 6.31. The van der Waals surface area contributed by atoms with Crippen molar-refractivity contribution in [3.05, 3.63) is 64.2 Å². The average molecular weight is 374 g/mol. The third kappa shape index (κ3) is 3.41. The van der Waals surface area contributed by atoms with Gasteiger partial charge in [0.15, 0.2) is 0 Å². The number of nitrogens with zero attached hydrogens (tertiary/aromatic N) is 1. The van der Waals surface area contributed by atoms with E-state index in [0.29, 0.717) is 16.7 Å². The molecule has 26 heavy (non-hydrogen) atoms. The number of rotatable bonds is 5. The Labute approximate surface area is 155 Å². The Morgan fingerprint density at radius 2 is 1.69 bits per heavy atom. The van der Waals surface area contributed by atoms with Gasteiger partial charge in [0.25, 0.3) is 11.8 Å². The minimum atomic E-state index is -0.902. The lowest BCUT2D eigenvalue weighted by Crippen LogP contribution is -2.32. The summed E-state index contributed by atoms with van der Waals surface area (Å²) in [7, 11) is 0. The van der Waals surface area contributed by atoms with Crippen molar-refractivity contribution in [3.8, 4) is 5.75 Å². The predicted octanol–water partition coefficient (Wildman–Crippen LogP) is 3.74. The van der Waals surface area contributed by atoms with Gasteiger partial charge in [-0.25, -0.2) is 4.79 Å². The van der Waals surface area contributed by atoms with E-state index in [4.69, 9.17) is 21.2 Å². The Kier molecular flexibility index (Phi) is 4.95. The number of hydrogen-bond acceptors (Lipinski definition) is 5. The second-order valence-corrected chi connectivity index (χ2v) is 6.61. The first-order chi connectivity index (χ1) is 12.4. The first-order valence-corrected chi connectivity index (χ1v) is 8.38. The summed E-state index contributed by atoms with van der Waals surface area (Å²) in [4.78, 5) is 42.2. The first-order valence-electron chi connectivity index (χ1n) is 8.01. The monoisotopic (exact) mass is 373 g/mol. The van der Waals surface area contributed by atoms with E-state index in [0.717, 1.165) is 0 Å². The van der Waals surface area contributed by atoms with Gasteiger partial charge in [0.2, 0.25) is 0 Å². The van der Waals surface area contributed by atoms with E-state index in [1.54, 1.807) is 24.3 Å². The van der Waals surface area contributed by atoms with Crippen LogP contribution in [0.5, 0.6) is 5.75 Å². The topological polar surface area (TPSA) is 72.9 Å². The fourth-order valence-corrected chi connectivity index (χ4v) is 2.60. The van der Waals surface area contributed by atoms with Gasteiger partial charge in [0, 0.05) is 5.02 Å². The molecular formula is C19H16ClNO5. The van der Waals surface area contributed by atoms with Gasteiger partial charge < -0.3 is 9.57 Å². The summed E-state index contributed by atoms with van der Waals surface area (Å²) in [6, 6.07) is 10.8. The van der Waals surface area contributed by atoms with Crippen LogP contribution in [0.2, 0.25) is 5.02 Å². The van der Waals surface area contributed by atoms with Crippen molar-refractivity contribution < 1.29 is 24.0 Å². The quantitative estimate of drug-likeness (QED) is 0.746. The molecule has 2 aromatic rings. The lowest BCUT2D eigenvalue weighted by atomic mass is 10.1. The van der Waals surface area contributed by atoms with Crippen molar-refractivity contribution in [2.75, 3.05) is 6.61 Å². The van der Waals surface area contributed by atoms with Gasteiger partial charge in [-0.1, -0.05) is 42.6 Å². The molecule has 1 aliphatic heterocycles. The number of hydroxylamine groups is 2. The van der Waals surface area contributed by atoms with E-state index in [1.165, 1.54) is 18.2 Å². The highest BCUT2D eigenvalue weighted by atomic mass is 35.5. The molecule has 0 saturated carbocycles. The number of benzene rings is 2. The van der Waals surface area contributed by atoms with E-state index in [9.17, 15) is 14.4 Å². The summed E-state index contributed by atoms with van der Waals surface area (Å²) < 4.78 is 5.61. The molecule has 0 saturated heterocycles. The van der Waals surface area contributed by atoms with Crippen molar-refractivity contribution in [3.63, 3.8) is 0 Å². The fourth-order valence-electron chi connectivity index (χ4n) is 2.43. The number of ether oxygens (including phenoxy) is 1. The lowest BCUT2D eigenvalue weighted by molar-refractivity contribution is -0.0586. The van der Waals surface area contributed by atoms with Gasteiger partial charge in [-0.3, -0.25) is 9.59 Å². The molecule has 2 aromatic carbocycles. The van der Waals surface area contributed by atoms with Crippen molar-refractivity contribution in [2.24, 2.45) is 5.92 Å². The molecule has 134 valence electrons. The van der Waals surface area contributed by atoms with E-state index < -0.39 is 17.8 Å². The molecule has 0 fully saturated rings. The third-order valence-electron chi connectivity index (χ3n) is 3.66. The maximum absolute atomic E-state index is 12.6. The number of carbonyl (C=O) groups is 3. The Bertz CT molecular complexity index is 858. The number of carbonyl (C=O) groups excluding carboxylic acids is 3. The highest BCUT2D eigenvalue weighted by Gasteiger charge is 2.39.